The van der Waals surface area contributed by atoms with E-state index < -0.39 is 5.41 Å². The molecule has 1 aromatic rings. The van der Waals surface area contributed by atoms with Gasteiger partial charge in [0.2, 0.25) is 5.91 Å². The summed E-state index contributed by atoms with van der Waals surface area (Å²) >= 11 is 14.3. The van der Waals surface area contributed by atoms with Crippen LogP contribution in [0.3, 0.4) is 0 Å². The molecule has 0 unspecified atom stereocenters. The van der Waals surface area contributed by atoms with Crippen molar-refractivity contribution in [2.24, 2.45) is 11.1 Å². The number of hydrogen-bond donors (Lipinski definition) is 2. The molecule has 1 fully saturated rings. The average Bonchev–Trinajstić information content (AvgIpc) is 2.22. The summed E-state index contributed by atoms with van der Waals surface area (Å²) < 4.78 is 0.664. The van der Waals surface area contributed by atoms with Crippen LogP contribution in [0.5, 0.6) is 0 Å². The van der Waals surface area contributed by atoms with Gasteiger partial charge < -0.3 is 11.1 Å². The molecule has 0 radical (unpaired) electrons. The molecule has 2 rings (SSSR count). The number of carbonyl (C=O) groups is 1. The van der Waals surface area contributed by atoms with E-state index in [9.17, 15) is 4.79 Å². The highest BCUT2D eigenvalue weighted by atomic mass is 79.9. The molecule has 96 valence electrons. The molecule has 1 amide bonds. The Hall–Kier alpha value is -0.650. The molecule has 1 aliphatic carbocycles. The van der Waals surface area contributed by atoms with E-state index in [0.29, 0.717) is 28.0 Å². The van der Waals surface area contributed by atoms with Crippen molar-refractivity contribution in [3.8, 4) is 0 Å². The number of carbonyl (C=O) groups excluding carboxylic acids is 1. The maximum atomic E-state index is 12.3. The molecule has 3 N–H and O–H groups in total. The van der Waals surface area contributed by atoms with E-state index in [1.807, 2.05) is 0 Å². The molecule has 1 saturated carbocycles. The first-order valence-corrected chi connectivity index (χ1v) is 7.11. The topological polar surface area (TPSA) is 55.1 Å². The maximum Gasteiger partial charge on any atom is 0.237 e. The van der Waals surface area contributed by atoms with Crippen molar-refractivity contribution in [1.82, 2.24) is 0 Å². The second-order valence-electron chi connectivity index (χ2n) is 4.36. The molecule has 6 heteroatoms. The standard InChI is InChI=1S/C12H12BrClN2OS/c13-9-7(14)3-1-4-8(9)16-11(17)12(10(15)18)5-2-6-12/h1,3-4H,2,5-6H2,(H2,15,18)(H,16,17). The Bertz CT molecular complexity index is 517. The van der Waals surface area contributed by atoms with E-state index in [-0.39, 0.29) is 10.9 Å². The van der Waals surface area contributed by atoms with Crippen molar-refractivity contribution in [2.45, 2.75) is 19.3 Å². The first-order valence-electron chi connectivity index (χ1n) is 5.53. The van der Waals surface area contributed by atoms with Gasteiger partial charge in [-0.05, 0) is 40.9 Å². The number of nitrogens with one attached hydrogen (secondary N) is 1. The van der Waals surface area contributed by atoms with Gasteiger partial charge in [-0.2, -0.15) is 0 Å². The molecule has 0 aromatic heterocycles. The third-order valence-electron chi connectivity index (χ3n) is 3.31. The van der Waals surface area contributed by atoms with Crippen molar-refractivity contribution in [2.75, 3.05) is 5.32 Å². The van der Waals surface area contributed by atoms with Crippen molar-refractivity contribution in [3.05, 3.63) is 27.7 Å². The number of halogens is 2. The molecule has 1 aromatic carbocycles. The third kappa shape index (κ3) is 2.27. The van der Waals surface area contributed by atoms with E-state index >= 15 is 0 Å². The van der Waals surface area contributed by atoms with Gasteiger partial charge in [0.1, 0.15) is 0 Å². The van der Waals surface area contributed by atoms with E-state index in [0.717, 1.165) is 6.42 Å². The van der Waals surface area contributed by atoms with Crippen LogP contribution in [0.15, 0.2) is 22.7 Å². The summed E-state index contributed by atoms with van der Waals surface area (Å²) in [5, 5.41) is 3.38. The highest BCUT2D eigenvalue weighted by Gasteiger charge is 2.47. The first kappa shape index (κ1) is 13.8. The lowest BCUT2D eigenvalue weighted by Gasteiger charge is -2.39. The molecule has 0 bridgehead atoms. The van der Waals surface area contributed by atoms with Crippen LogP contribution in [0.2, 0.25) is 5.02 Å². The molecule has 3 nitrogen and oxygen atoms in total. The summed E-state index contributed by atoms with van der Waals surface area (Å²) in [4.78, 5) is 12.5. The molecule has 1 aliphatic rings. The molecular formula is C12H12BrClN2OS. The minimum absolute atomic E-state index is 0.149. The molecule has 0 saturated heterocycles. The number of anilines is 1. The number of benzene rings is 1. The molecule has 18 heavy (non-hydrogen) atoms. The molecule has 0 spiro atoms. The predicted octanol–water partition coefficient (Wildman–Crippen LogP) is 3.50. The van der Waals surface area contributed by atoms with Crippen molar-refractivity contribution >= 4 is 56.3 Å². The quantitative estimate of drug-likeness (QED) is 0.823. The smallest absolute Gasteiger partial charge is 0.237 e. The molecular weight excluding hydrogens is 336 g/mol. The van der Waals surface area contributed by atoms with E-state index in [1.165, 1.54) is 0 Å². The van der Waals surface area contributed by atoms with E-state index in [2.05, 4.69) is 21.2 Å². The summed E-state index contributed by atoms with van der Waals surface area (Å²) in [6, 6.07) is 5.30. The Kier molecular flexibility index (Phi) is 3.94. The second kappa shape index (κ2) is 5.15. The van der Waals surface area contributed by atoms with Gasteiger partial charge in [-0.15, -0.1) is 0 Å². The Balaban J connectivity index is 2.21. The Morgan fingerprint density at radius 1 is 1.50 bits per heavy atom. The minimum Gasteiger partial charge on any atom is -0.392 e. The second-order valence-corrected chi connectivity index (χ2v) is 6.00. The van der Waals surface area contributed by atoms with Gasteiger partial charge in [-0.25, -0.2) is 0 Å². The summed E-state index contributed by atoms with van der Waals surface area (Å²) in [6.07, 6.45) is 2.40. The highest BCUT2D eigenvalue weighted by Crippen LogP contribution is 2.43. The van der Waals surface area contributed by atoms with Crippen molar-refractivity contribution in [1.29, 1.82) is 0 Å². The van der Waals surface area contributed by atoms with Gasteiger partial charge in [0.05, 0.1) is 25.6 Å². The molecule has 0 atom stereocenters. The van der Waals surface area contributed by atoms with Gasteiger partial charge in [0.15, 0.2) is 0 Å². The zero-order valence-electron chi connectivity index (χ0n) is 9.50. The van der Waals surface area contributed by atoms with Crippen molar-refractivity contribution < 1.29 is 4.79 Å². The van der Waals surface area contributed by atoms with Gasteiger partial charge in [-0.1, -0.05) is 36.3 Å². The summed E-state index contributed by atoms with van der Waals surface area (Å²) in [5.74, 6) is -0.149. The summed E-state index contributed by atoms with van der Waals surface area (Å²) in [7, 11) is 0. The van der Waals surface area contributed by atoms with Gasteiger partial charge in [0.25, 0.3) is 0 Å². The zero-order valence-corrected chi connectivity index (χ0v) is 12.7. The fourth-order valence-corrected chi connectivity index (χ4v) is 2.79. The zero-order chi connectivity index (χ0) is 13.3. The van der Waals surface area contributed by atoms with Gasteiger partial charge in [0, 0.05) is 0 Å². The highest BCUT2D eigenvalue weighted by molar-refractivity contribution is 9.10. The SMILES string of the molecule is NC(=S)C1(C(=O)Nc2cccc(Cl)c2Br)CCC1. The Labute approximate surface area is 124 Å². The lowest BCUT2D eigenvalue weighted by atomic mass is 9.68. The Morgan fingerprint density at radius 2 is 2.17 bits per heavy atom. The number of rotatable bonds is 3. The van der Waals surface area contributed by atoms with Crippen LogP contribution in [0.25, 0.3) is 0 Å². The van der Waals surface area contributed by atoms with E-state index in [1.54, 1.807) is 18.2 Å². The van der Waals surface area contributed by atoms with Crippen LogP contribution >= 0.6 is 39.7 Å². The van der Waals surface area contributed by atoms with Crippen LogP contribution in [0.4, 0.5) is 5.69 Å². The Morgan fingerprint density at radius 3 is 2.67 bits per heavy atom. The minimum atomic E-state index is -0.683. The van der Waals surface area contributed by atoms with Gasteiger partial charge >= 0.3 is 0 Å². The van der Waals surface area contributed by atoms with Crippen LogP contribution < -0.4 is 11.1 Å². The van der Waals surface area contributed by atoms with Crippen LogP contribution in [0, 0.1) is 5.41 Å². The number of thiocarbonyl (C=S) groups is 1. The van der Waals surface area contributed by atoms with Crippen LogP contribution in [-0.2, 0) is 4.79 Å². The number of amides is 1. The van der Waals surface area contributed by atoms with E-state index in [4.69, 9.17) is 29.6 Å². The average molecular weight is 348 g/mol. The monoisotopic (exact) mass is 346 g/mol. The molecule has 0 aliphatic heterocycles. The van der Waals surface area contributed by atoms with Crippen LogP contribution in [0.1, 0.15) is 19.3 Å². The largest absolute Gasteiger partial charge is 0.392 e. The summed E-state index contributed by atoms with van der Waals surface area (Å²) in [6.45, 7) is 0. The molecule has 0 heterocycles. The fourth-order valence-electron chi connectivity index (χ4n) is 1.96. The number of nitrogens with two attached hydrogens (primary N) is 1. The van der Waals surface area contributed by atoms with Gasteiger partial charge in [-0.3, -0.25) is 4.79 Å². The maximum absolute atomic E-state index is 12.3. The number of hydrogen-bond acceptors (Lipinski definition) is 2. The first-order chi connectivity index (χ1) is 8.47. The lowest BCUT2D eigenvalue weighted by Crippen LogP contribution is -2.50. The van der Waals surface area contributed by atoms with Crippen LogP contribution in [-0.4, -0.2) is 10.9 Å². The predicted molar refractivity (Wildman–Crippen MR) is 80.9 cm³/mol. The van der Waals surface area contributed by atoms with Crippen molar-refractivity contribution in [3.63, 3.8) is 0 Å². The third-order valence-corrected chi connectivity index (χ3v) is 5.10. The fraction of sp³-hybridized carbons (Fsp3) is 0.333. The normalized spacial score (nSPS) is 16.8. The lowest BCUT2D eigenvalue weighted by molar-refractivity contribution is -0.125. The summed E-state index contributed by atoms with van der Waals surface area (Å²) in [5.41, 5.74) is 5.64.